The van der Waals surface area contributed by atoms with E-state index in [1.807, 2.05) is 17.8 Å². The van der Waals surface area contributed by atoms with Gasteiger partial charge in [-0.3, -0.25) is 9.89 Å². The molecule has 0 unspecified atom stereocenters. The first kappa shape index (κ1) is 19.7. The van der Waals surface area contributed by atoms with Gasteiger partial charge in [-0.1, -0.05) is 24.4 Å². The highest BCUT2D eigenvalue weighted by Gasteiger charge is 2.23. The second-order valence-electron chi connectivity index (χ2n) is 8.37. The Morgan fingerprint density at radius 3 is 2.86 bits per heavy atom. The summed E-state index contributed by atoms with van der Waals surface area (Å²) in [4.78, 5) is 11.2. The van der Waals surface area contributed by atoms with Crippen LogP contribution in [-0.2, 0) is 4.74 Å². The number of aromatic nitrogens is 1. The van der Waals surface area contributed by atoms with Gasteiger partial charge in [-0.25, -0.2) is 0 Å². The Morgan fingerprint density at radius 2 is 2.03 bits per heavy atom. The van der Waals surface area contributed by atoms with Gasteiger partial charge < -0.3 is 15.0 Å². The minimum atomic E-state index is 0.406. The third-order valence-corrected chi connectivity index (χ3v) is 7.60. The van der Waals surface area contributed by atoms with Crippen LogP contribution in [0.4, 0.5) is 5.69 Å². The predicted molar refractivity (Wildman–Crippen MR) is 124 cm³/mol. The molecule has 0 amide bonds. The molecule has 2 fully saturated rings. The molecule has 2 aromatic rings. The maximum atomic E-state index is 6.41. The molecule has 5 rings (SSSR count). The normalized spacial score (nSPS) is 23.8. The van der Waals surface area contributed by atoms with Crippen LogP contribution in [0.25, 0.3) is 10.9 Å². The van der Waals surface area contributed by atoms with Gasteiger partial charge in [0.1, 0.15) is 5.04 Å². The average Bonchev–Trinajstić information content (AvgIpc) is 3.47. The largest absolute Gasteiger partial charge is 0.381 e. The van der Waals surface area contributed by atoms with E-state index < -0.39 is 0 Å². The van der Waals surface area contributed by atoms with Crippen molar-refractivity contribution in [2.45, 2.75) is 44.2 Å². The molecule has 1 aromatic carbocycles. The number of hydrogen-bond acceptors (Lipinski definition) is 5. The molecule has 2 N–H and O–H groups in total. The number of morpholine rings is 1. The van der Waals surface area contributed by atoms with Gasteiger partial charge in [-0.2, -0.15) is 0 Å². The monoisotopic (exact) mass is 432 g/mol. The van der Waals surface area contributed by atoms with E-state index in [-0.39, 0.29) is 0 Å². The van der Waals surface area contributed by atoms with E-state index in [0.29, 0.717) is 12.1 Å². The van der Waals surface area contributed by atoms with E-state index in [1.165, 1.54) is 25.7 Å². The molecule has 29 heavy (non-hydrogen) atoms. The Bertz CT molecular complexity index is 886. The topological polar surface area (TPSA) is 52.7 Å². The average molecular weight is 433 g/mol. The first-order chi connectivity index (χ1) is 14.2. The third kappa shape index (κ3) is 4.61. The van der Waals surface area contributed by atoms with Gasteiger partial charge >= 0.3 is 0 Å². The third-order valence-electron chi connectivity index (χ3n) is 6.23. The highest BCUT2D eigenvalue weighted by Crippen LogP contribution is 2.33. The molecule has 3 aliphatic rings. The number of hydrogen-bond donors (Lipinski definition) is 2. The fourth-order valence-corrected chi connectivity index (χ4v) is 5.90. The molecular weight excluding hydrogens is 404 g/mol. The van der Waals surface area contributed by atoms with Crippen LogP contribution in [-0.4, -0.2) is 65.6 Å². The molecule has 2 aliphatic heterocycles. The first-order valence-corrected chi connectivity index (χ1v) is 12.2. The van der Waals surface area contributed by atoms with Crippen LogP contribution in [0.3, 0.4) is 0 Å². The van der Waals surface area contributed by atoms with Crippen LogP contribution in [0.1, 0.15) is 37.8 Å². The molecular formula is C22H29ClN4OS. The van der Waals surface area contributed by atoms with Crippen molar-refractivity contribution in [2.75, 3.05) is 43.9 Å². The van der Waals surface area contributed by atoms with Gasteiger partial charge in [0.2, 0.25) is 0 Å². The molecule has 1 atom stereocenters. The fourth-order valence-electron chi connectivity index (χ4n) is 4.59. The summed E-state index contributed by atoms with van der Waals surface area (Å²) < 4.78 is 5.44. The smallest absolute Gasteiger partial charge is 0.114 e. The zero-order valence-electron chi connectivity index (χ0n) is 16.8. The van der Waals surface area contributed by atoms with Crippen molar-refractivity contribution < 1.29 is 4.74 Å². The van der Waals surface area contributed by atoms with Crippen molar-refractivity contribution in [3.63, 3.8) is 0 Å². The van der Waals surface area contributed by atoms with Gasteiger partial charge in [0.15, 0.2) is 0 Å². The number of ether oxygens (including phenoxy) is 1. The van der Waals surface area contributed by atoms with Crippen LogP contribution >= 0.6 is 23.4 Å². The van der Waals surface area contributed by atoms with Crippen molar-refractivity contribution in [1.29, 1.82) is 0 Å². The number of rotatable bonds is 6. The molecule has 0 bridgehead atoms. The minimum absolute atomic E-state index is 0.406. The second kappa shape index (κ2) is 8.88. The molecule has 1 saturated heterocycles. The van der Waals surface area contributed by atoms with E-state index in [4.69, 9.17) is 21.3 Å². The lowest BCUT2D eigenvalue weighted by Gasteiger charge is -2.26. The van der Waals surface area contributed by atoms with E-state index in [0.717, 1.165) is 77.4 Å². The van der Waals surface area contributed by atoms with Crippen LogP contribution in [0.5, 0.6) is 0 Å². The summed E-state index contributed by atoms with van der Waals surface area (Å²) in [5.41, 5.74) is 3.39. The summed E-state index contributed by atoms with van der Waals surface area (Å²) in [6.07, 6.45) is 6.24. The number of aromatic amines is 1. The van der Waals surface area contributed by atoms with Crippen LogP contribution in [0.2, 0.25) is 5.02 Å². The molecule has 1 aliphatic carbocycles. The fraction of sp³-hybridized carbons (Fsp3) is 0.591. The molecule has 5 nitrogen and oxygen atoms in total. The maximum Gasteiger partial charge on any atom is 0.114 e. The van der Waals surface area contributed by atoms with Gasteiger partial charge in [0, 0.05) is 41.8 Å². The molecule has 156 valence electrons. The highest BCUT2D eigenvalue weighted by molar-refractivity contribution is 8.14. The number of nitrogens with zero attached hydrogens (tertiary/aromatic N) is 2. The molecule has 3 heterocycles. The second-order valence-corrected chi connectivity index (χ2v) is 9.81. The summed E-state index contributed by atoms with van der Waals surface area (Å²) in [5, 5.41) is 6.80. The number of benzene rings is 1. The number of nitrogens with one attached hydrogen (secondary N) is 2. The molecule has 0 spiro atoms. The SMILES string of the molecule is Clc1cc(NC2CCCC2)c2[nH]c(C3=N[C@H](CCN4CCOCC4)CS3)cc2c1. The Hall–Kier alpha value is -1.21. The molecule has 1 aromatic heterocycles. The van der Waals surface area contributed by atoms with E-state index in [1.54, 1.807) is 0 Å². The Labute approximate surface area is 181 Å². The summed E-state index contributed by atoms with van der Waals surface area (Å²) in [7, 11) is 0. The van der Waals surface area contributed by atoms with Crippen LogP contribution in [0, 0.1) is 0 Å². The quantitative estimate of drug-likeness (QED) is 0.690. The molecule has 1 saturated carbocycles. The van der Waals surface area contributed by atoms with Crippen LogP contribution in [0.15, 0.2) is 23.2 Å². The van der Waals surface area contributed by atoms with Crippen molar-refractivity contribution >= 4 is 45.0 Å². The maximum absolute atomic E-state index is 6.41. The Balaban J connectivity index is 1.30. The number of aliphatic imine (C=N–C) groups is 1. The van der Waals surface area contributed by atoms with E-state index >= 15 is 0 Å². The van der Waals surface area contributed by atoms with E-state index in [9.17, 15) is 0 Å². The standard InChI is InChI=1S/C22H29ClN4OS/c23-16-11-15-12-20(26-21(15)19(13-16)24-17-3-1-2-4-17)22-25-18(14-29-22)5-6-27-7-9-28-10-8-27/h11-13,17-18,24,26H,1-10,14H2/t18-/m1/s1. The summed E-state index contributed by atoms with van der Waals surface area (Å²) in [6.45, 7) is 4.95. The van der Waals surface area contributed by atoms with Gasteiger partial charge in [0.05, 0.1) is 36.2 Å². The number of halogens is 1. The number of anilines is 1. The lowest BCUT2D eigenvalue weighted by atomic mass is 10.2. The predicted octanol–water partition coefficient (Wildman–Crippen LogP) is 4.76. The van der Waals surface area contributed by atoms with Gasteiger partial charge in [-0.05, 0) is 37.5 Å². The zero-order chi connectivity index (χ0) is 19.6. The van der Waals surface area contributed by atoms with Gasteiger partial charge in [-0.15, -0.1) is 11.8 Å². The molecule has 7 heteroatoms. The minimum Gasteiger partial charge on any atom is -0.381 e. The number of thioether (sulfide) groups is 1. The summed E-state index contributed by atoms with van der Waals surface area (Å²) in [6, 6.07) is 7.27. The lowest BCUT2D eigenvalue weighted by Crippen LogP contribution is -2.37. The summed E-state index contributed by atoms with van der Waals surface area (Å²) >= 11 is 8.28. The Morgan fingerprint density at radius 1 is 1.21 bits per heavy atom. The van der Waals surface area contributed by atoms with E-state index in [2.05, 4.69) is 27.3 Å². The van der Waals surface area contributed by atoms with Crippen molar-refractivity contribution in [2.24, 2.45) is 4.99 Å². The summed E-state index contributed by atoms with van der Waals surface area (Å²) in [5.74, 6) is 1.07. The van der Waals surface area contributed by atoms with Gasteiger partial charge in [0.25, 0.3) is 0 Å². The number of fused-ring (bicyclic) bond motifs is 1. The van der Waals surface area contributed by atoms with Crippen LogP contribution < -0.4 is 5.32 Å². The number of H-pyrrole nitrogens is 1. The first-order valence-electron chi connectivity index (χ1n) is 10.8. The highest BCUT2D eigenvalue weighted by atomic mass is 35.5. The van der Waals surface area contributed by atoms with Crippen molar-refractivity contribution in [1.82, 2.24) is 9.88 Å². The van der Waals surface area contributed by atoms with Crippen molar-refractivity contribution in [3.8, 4) is 0 Å². The lowest BCUT2D eigenvalue weighted by molar-refractivity contribution is 0.0369. The van der Waals surface area contributed by atoms with Crippen molar-refractivity contribution in [3.05, 3.63) is 28.9 Å². The zero-order valence-corrected chi connectivity index (χ0v) is 18.3. The Kier molecular flexibility index (Phi) is 6.04. The molecule has 0 radical (unpaired) electrons.